The average Bonchev–Trinajstić information content (AvgIpc) is 2.91. The van der Waals surface area contributed by atoms with Gasteiger partial charge in [-0.15, -0.1) is 0 Å². The van der Waals surface area contributed by atoms with Gasteiger partial charge in [-0.3, -0.25) is 4.90 Å². The van der Waals surface area contributed by atoms with Crippen molar-refractivity contribution < 1.29 is 9.53 Å². The molecule has 0 saturated carbocycles. The lowest BCUT2D eigenvalue weighted by Gasteiger charge is -2.34. The monoisotopic (exact) mass is 319 g/mol. The number of unbranched alkanes of at least 4 members (excludes halogenated alkanes) is 1. The van der Waals surface area contributed by atoms with Gasteiger partial charge in [-0.2, -0.15) is 0 Å². The lowest BCUT2D eigenvalue weighted by atomic mass is 10.1. The fourth-order valence-corrected chi connectivity index (χ4v) is 3.13. The maximum absolute atomic E-state index is 11.3. The number of hydrogen-bond donors (Lipinski definition) is 0. The van der Waals surface area contributed by atoms with E-state index in [2.05, 4.69) is 19.8 Å². The predicted octanol–water partition coefficient (Wildman–Crippen LogP) is 1.22. The van der Waals surface area contributed by atoms with Gasteiger partial charge in [0.25, 0.3) is 0 Å². The summed E-state index contributed by atoms with van der Waals surface area (Å²) in [5.74, 6) is 0.833. The minimum atomic E-state index is -0.186. The predicted molar refractivity (Wildman–Crippen MR) is 87.4 cm³/mol. The van der Waals surface area contributed by atoms with Gasteiger partial charge in [-0.25, -0.2) is 14.8 Å². The number of nitrogens with zero attached hydrogens (tertiary/aromatic N) is 5. The smallest absolute Gasteiger partial charge is 0.409 e. The topological polar surface area (TPSA) is 61.8 Å². The fraction of sp³-hybridized carbons (Fsp3) is 0.688. The van der Waals surface area contributed by atoms with Crippen LogP contribution in [0.2, 0.25) is 0 Å². The SMILES string of the molecule is CN1CC(CCCCN2CCN(c3ncccn3)CC2)OC1=O. The highest BCUT2D eigenvalue weighted by Gasteiger charge is 2.27. The van der Waals surface area contributed by atoms with Crippen molar-refractivity contribution in [3.63, 3.8) is 0 Å². The molecular weight excluding hydrogens is 294 g/mol. The second kappa shape index (κ2) is 7.59. The molecule has 0 bridgehead atoms. The van der Waals surface area contributed by atoms with Gasteiger partial charge in [0.2, 0.25) is 5.95 Å². The molecule has 3 heterocycles. The highest BCUT2D eigenvalue weighted by atomic mass is 16.6. The molecule has 7 heteroatoms. The van der Waals surface area contributed by atoms with E-state index in [9.17, 15) is 4.79 Å². The minimum Gasteiger partial charge on any atom is -0.444 e. The molecule has 0 aromatic carbocycles. The zero-order valence-electron chi connectivity index (χ0n) is 13.7. The lowest BCUT2D eigenvalue weighted by Crippen LogP contribution is -2.47. The molecule has 1 aromatic rings. The summed E-state index contributed by atoms with van der Waals surface area (Å²) in [5, 5.41) is 0. The number of cyclic esters (lactones) is 1. The van der Waals surface area contributed by atoms with Crippen LogP contribution in [0.5, 0.6) is 0 Å². The number of ether oxygens (including phenoxy) is 1. The normalized spacial score (nSPS) is 22.5. The number of hydrogen-bond acceptors (Lipinski definition) is 6. The van der Waals surface area contributed by atoms with Crippen LogP contribution in [0.4, 0.5) is 10.7 Å². The van der Waals surface area contributed by atoms with Crippen LogP contribution >= 0.6 is 0 Å². The third-order valence-electron chi connectivity index (χ3n) is 4.51. The van der Waals surface area contributed by atoms with Crippen LogP contribution in [0.1, 0.15) is 19.3 Å². The number of carbonyl (C=O) groups is 1. The van der Waals surface area contributed by atoms with E-state index in [0.29, 0.717) is 0 Å². The van der Waals surface area contributed by atoms with Crippen LogP contribution in [0.25, 0.3) is 0 Å². The Bertz CT molecular complexity index is 504. The van der Waals surface area contributed by atoms with Crippen molar-refractivity contribution in [3.05, 3.63) is 18.5 Å². The summed E-state index contributed by atoms with van der Waals surface area (Å²) in [4.78, 5) is 26.3. The lowest BCUT2D eigenvalue weighted by molar-refractivity contribution is 0.128. The summed E-state index contributed by atoms with van der Waals surface area (Å²) >= 11 is 0. The molecule has 0 aliphatic carbocycles. The third-order valence-corrected chi connectivity index (χ3v) is 4.51. The number of carbonyl (C=O) groups excluding carboxylic acids is 1. The van der Waals surface area contributed by atoms with Crippen LogP contribution in [-0.4, -0.2) is 78.3 Å². The molecule has 0 radical (unpaired) electrons. The standard InChI is InChI=1S/C16H25N5O2/c1-19-13-14(23-16(19)22)5-2-3-8-20-9-11-21(12-10-20)15-17-6-4-7-18-15/h4,6-7,14H,2-3,5,8-13H2,1H3. The first-order valence-corrected chi connectivity index (χ1v) is 8.38. The Morgan fingerprint density at radius 1 is 1.17 bits per heavy atom. The summed E-state index contributed by atoms with van der Waals surface area (Å²) in [5.41, 5.74) is 0. The maximum atomic E-state index is 11.3. The number of aromatic nitrogens is 2. The van der Waals surface area contributed by atoms with Crippen LogP contribution in [0, 0.1) is 0 Å². The van der Waals surface area contributed by atoms with Gasteiger partial charge in [-0.05, 0) is 31.9 Å². The van der Waals surface area contributed by atoms with Crippen molar-refractivity contribution in [3.8, 4) is 0 Å². The van der Waals surface area contributed by atoms with E-state index in [-0.39, 0.29) is 12.2 Å². The number of amides is 1. The van der Waals surface area contributed by atoms with E-state index in [4.69, 9.17) is 4.74 Å². The van der Waals surface area contributed by atoms with E-state index in [1.165, 1.54) is 0 Å². The zero-order valence-corrected chi connectivity index (χ0v) is 13.7. The maximum Gasteiger partial charge on any atom is 0.409 e. The minimum absolute atomic E-state index is 0.0829. The van der Waals surface area contributed by atoms with Gasteiger partial charge < -0.3 is 14.5 Å². The summed E-state index contributed by atoms with van der Waals surface area (Å²) in [7, 11) is 1.79. The van der Waals surface area contributed by atoms with Gasteiger partial charge >= 0.3 is 6.09 Å². The molecule has 7 nitrogen and oxygen atoms in total. The van der Waals surface area contributed by atoms with Crippen LogP contribution in [-0.2, 0) is 4.74 Å². The van der Waals surface area contributed by atoms with E-state index >= 15 is 0 Å². The van der Waals surface area contributed by atoms with Crippen LogP contribution < -0.4 is 4.90 Å². The Hall–Kier alpha value is -1.89. The first kappa shape index (κ1) is 16.0. The molecule has 2 aliphatic rings. The number of likely N-dealkylation sites (N-methyl/N-ethyl adjacent to an activating group) is 1. The molecule has 1 amide bonds. The molecule has 0 spiro atoms. The fourth-order valence-electron chi connectivity index (χ4n) is 3.13. The van der Waals surface area contributed by atoms with E-state index in [1.54, 1.807) is 24.3 Å². The van der Waals surface area contributed by atoms with Crippen molar-refractivity contribution in [2.45, 2.75) is 25.4 Å². The Balaban J connectivity index is 1.30. The molecule has 0 N–H and O–H groups in total. The average molecular weight is 319 g/mol. The van der Waals surface area contributed by atoms with E-state index < -0.39 is 0 Å². The molecule has 2 aliphatic heterocycles. The summed E-state index contributed by atoms with van der Waals surface area (Å²) < 4.78 is 5.28. The van der Waals surface area contributed by atoms with Crippen molar-refractivity contribution in [1.29, 1.82) is 0 Å². The molecule has 1 aromatic heterocycles. The molecule has 23 heavy (non-hydrogen) atoms. The number of anilines is 1. The van der Waals surface area contributed by atoms with Gasteiger partial charge in [0.05, 0.1) is 6.54 Å². The Labute approximate surface area is 137 Å². The molecule has 1 atom stereocenters. The number of piperazine rings is 1. The molecule has 126 valence electrons. The van der Waals surface area contributed by atoms with Crippen LogP contribution in [0.15, 0.2) is 18.5 Å². The molecule has 2 fully saturated rings. The Kier molecular flexibility index (Phi) is 5.27. The highest BCUT2D eigenvalue weighted by molar-refractivity contribution is 5.69. The number of rotatable bonds is 6. The zero-order chi connectivity index (χ0) is 16.1. The van der Waals surface area contributed by atoms with E-state index in [0.717, 1.165) is 64.5 Å². The van der Waals surface area contributed by atoms with Crippen molar-refractivity contribution >= 4 is 12.0 Å². The first-order valence-electron chi connectivity index (χ1n) is 8.38. The van der Waals surface area contributed by atoms with Gasteiger partial charge in [-0.1, -0.05) is 0 Å². The second-order valence-electron chi connectivity index (χ2n) is 6.26. The molecule has 3 rings (SSSR count). The first-order chi connectivity index (χ1) is 11.2. The van der Waals surface area contributed by atoms with E-state index in [1.807, 2.05) is 6.07 Å². The largest absolute Gasteiger partial charge is 0.444 e. The van der Waals surface area contributed by atoms with Crippen molar-refractivity contribution in [2.75, 3.05) is 51.2 Å². The summed E-state index contributed by atoms with van der Waals surface area (Å²) in [6, 6.07) is 1.85. The highest BCUT2D eigenvalue weighted by Crippen LogP contribution is 2.15. The quantitative estimate of drug-likeness (QED) is 0.735. The molecule has 2 saturated heterocycles. The third kappa shape index (κ3) is 4.31. The van der Waals surface area contributed by atoms with Crippen LogP contribution in [0.3, 0.4) is 0 Å². The van der Waals surface area contributed by atoms with Gasteiger partial charge in [0, 0.05) is 45.6 Å². The summed E-state index contributed by atoms with van der Waals surface area (Å²) in [6.07, 6.45) is 6.71. The molecular formula is C16H25N5O2. The second-order valence-corrected chi connectivity index (χ2v) is 6.26. The molecule has 1 unspecified atom stereocenters. The Morgan fingerprint density at radius 3 is 2.57 bits per heavy atom. The van der Waals surface area contributed by atoms with Gasteiger partial charge in [0.15, 0.2) is 0 Å². The summed E-state index contributed by atoms with van der Waals surface area (Å²) in [6.45, 7) is 5.91. The van der Waals surface area contributed by atoms with Gasteiger partial charge in [0.1, 0.15) is 6.10 Å². The van der Waals surface area contributed by atoms with Crippen molar-refractivity contribution in [2.24, 2.45) is 0 Å². The Morgan fingerprint density at radius 2 is 1.91 bits per heavy atom. The van der Waals surface area contributed by atoms with Crippen molar-refractivity contribution in [1.82, 2.24) is 19.8 Å².